The fourth-order valence-electron chi connectivity index (χ4n) is 2.19. The number of hydrogen-bond donors (Lipinski definition) is 1. The van der Waals surface area contributed by atoms with E-state index in [0.29, 0.717) is 19.5 Å². The first-order valence-corrected chi connectivity index (χ1v) is 7.71. The number of rotatable bonds is 7. The summed E-state index contributed by atoms with van der Waals surface area (Å²) >= 11 is 0. The van der Waals surface area contributed by atoms with Gasteiger partial charge in [0, 0.05) is 19.7 Å². The molecule has 0 bridgehead atoms. The monoisotopic (exact) mass is 329 g/mol. The van der Waals surface area contributed by atoms with Gasteiger partial charge < -0.3 is 10.2 Å². The third-order valence-corrected chi connectivity index (χ3v) is 3.51. The van der Waals surface area contributed by atoms with E-state index in [1.54, 1.807) is 24.4 Å². The van der Waals surface area contributed by atoms with Gasteiger partial charge in [-0.1, -0.05) is 18.2 Å². The summed E-state index contributed by atoms with van der Waals surface area (Å²) in [5.74, 6) is -0.702. The van der Waals surface area contributed by atoms with E-state index in [1.807, 2.05) is 12.1 Å². The van der Waals surface area contributed by atoms with E-state index in [2.05, 4.69) is 10.3 Å². The van der Waals surface area contributed by atoms with Crippen molar-refractivity contribution in [3.63, 3.8) is 0 Å². The quantitative estimate of drug-likeness (QED) is 0.844. The normalized spacial score (nSPS) is 10.2. The number of pyridine rings is 1. The second-order valence-corrected chi connectivity index (χ2v) is 5.42. The zero-order valence-corrected chi connectivity index (χ0v) is 13.5. The minimum absolute atomic E-state index is 0.0185. The van der Waals surface area contributed by atoms with Crippen LogP contribution in [0.4, 0.5) is 4.39 Å². The highest BCUT2D eigenvalue weighted by Crippen LogP contribution is 2.03. The summed E-state index contributed by atoms with van der Waals surface area (Å²) in [6.45, 7) is 2.13. The van der Waals surface area contributed by atoms with E-state index in [-0.39, 0.29) is 24.2 Å². The molecule has 0 aliphatic rings. The predicted octanol–water partition coefficient (Wildman–Crippen LogP) is 1.93. The molecular formula is C18H20FN3O2. The number of halogens is 1. The Morgan fingerprint density at radius 1 is 1.17 bits per heavy atom. The molecule has 1 aromatic heterocycles. The van der Waals surface area contributed by atoms with Gasteiger partial charge in [-0.2, -0.15) is 0 Å². The molecule has 2 rings (SSSR count). The summed E-state index contributed by atoms with van der Waals surface area (Å²) in [6, 6.07) is 11.6. The number of benzene rings is 1. The third-order valence-electron chi connectivity index (χ3n) is 3.51. The minimum Gasteiger partial charge on any atom is -0.354 e. The second kappa shape index (κ2) is 8.76. The molecule has 0 unspecified atom stereocenters. The second-order valence-electron chi connectivity index (χ2n) is 5.42. The van der Waals surface area contributed by atoms with Crippen LogP contribution in [0.5, 0.6) is 0 Å². The number of hydrogen-bond acceptors (Lipinski definition) is 3. The first kappa shape index (κ1) is 17.6. The average molecular weight is 329 g/mol. The van der Waals surface area contributed by atoms with Crippen molar-refractivity contribution in [3.05, 3.63) is 65.7 Å². The Labute approximate surface area is 140 Å². The lowest BCUT2D eigenvalue weighted by Gasteiger charge is -2.20. The summed E-state index contributed by atoms with van der Waals surface area (Å²) in [4.78, 5) is 29.3. The van der Waals surface area contributed by atoms with Crippen LogP contribution in [-0.2, 0) is 22.6 Å². The first-order chi connectivity index (χ1) is 11.5. The van der Waals surface area contributed by atoms with Gasteiger partial charge in [0.25, 0.3) is 0 Å². The molecule has 126 valence electrons. The van der Waals surface area contributed by atoms with Crippen LogP contribution in [0.25, 0.3) is 0 Å². The maximum Gasteiger partial charge on any atom is 0.239 e. The molecule has 0 saturated heterocycles. The molecule has 0 aliphatic heterocycles. The summed E-state index contributed by atoms with van der Waals surface area (Å²) in [5.41, 5.74) is 1.67. The van der Waals surface area contributed by atoms with E-state index in [4.69, 9.17) is 0 Å². The molecule has 0 atom stereocenters. The van der Waals surface area contributed by atoms with Crippen LogP contribution < -0.4 is 5.32 Å². The van der Waals surface area contributed by atoms with Crippen molar-refractivity contribution in [1.29, 1.82) is 0 Å². The molecule has 1 aromatic carbocycles. The van der Waals surface area contributed by atoms with E-state index in [9.17, 15) is 14.0 Å². The van der Waals surface area contributed by atoms with E-state index >= 15 is 0 Å². The Bertz CT molecular complexity index is 674. The van der Waals surface area contributed by atoms with Crippen LogP contribution in [-0.4, -0.2) is 34.8 Å². The highest BCUT2D eigenvalue weighted by molar-refractivity contribution is 5.83. The lowest BCUT2D eigenvalue weighted by atomic mass is 10.1. The predicted molar refractivity (Wildman–Crippen MR) is 88.4 cm³/mol. The fraction of sp³-hybridized carbons (Fsp3) is 0.278. The molecule has 0 radical (unpaired) electrons. The van der Waals surface area contributed by atoms with Crippen LogP contribution in [0, 0.1) is 5.82 Å². The molecule has 1 N–H and O–H groups in total. The molecule has 0 fully saturated rings. The highest BCUT2D eigenvalue weighted by Gasteiger charge is 2.14. The van der Waals surface area contributed by atoms with E-state index in [0.717, 1.165) is 11.3 Å². The molecule has 0 spiro atoms. The van der Waals surface area contributed by atoms with Crippen molar-refractivity contribution in [2.24, 2.45) is 0 Å². The summed E-state index contributed by atoms with van der Waals surface area (Å²) in [5, 5.41) is 2.77. The largest absolute Gasteiger partial charge is 0.354 e. The first-order valence-electron chi connectivity index (χ1n) is 7.71. The Morgan fingerprint density at radius 2 is 1.92 bits per heavy atom. The van der Waals surface area contributed by atoms with E-state index in [1.165, 1.54) is 24.0 Å². The van der Waals surface area contributed by atoms with Crippen molar-refractivity contribution in [1.82, 2.24) is 15.2 Å². The van der Waals surface area contributed by atoms with Gasteiger partial charge in [0.2, 0.25) is 11.8 Å². The number of amides is 2. The number of carbonyl (C=O) groups excluding carboxylic acids is 2. The fourth-order valence-corrected chi connectivity index (χ4v) is 2.19. The summed E-state index contributed by atoms with van der Waals surface area (Å²) in [6.07, 6.45) is 2.25. The Kier molecular flexibility index (Phi) is 6.42. The van der Waals surface area contributed by atoms with Crippen molar-refractivity contribution in [3.8, 4) is 0 Å². The van der Waals surface area contributed by atoms with Gasteiger partial charge in [-0.15, -0.1) is 0 Å². The van der Waals surface area contributed by atoms with Gasteiger partial charge in [0.15, 0.2) is 0 Å². The van der Waals surface area contributed by atoms with Crippen molar-refractivity contribution < 1.29 is 14.0 Å². The van der Waals surface area contributed by atoms with Crippen LogP contribution in [0.3, 0.4) is 0 Å². The third kappa shape index (κ3) is 5.79. The van der Waals surface area contributed by atoms with Crippen LogP contribution >= 0.6 is 0 Å². The smallest absolute Gasteiger partial charge is 0.239 e. The number of aromatic nitrogens is 1. The number of carbonyl (C=O) groups is 2. The summed E-state index contributed by atoms with van der Waals surface area (Å²) < 4.78 is 12.8. The molecule has 2 amide bonds. The zero-order valence-electron chi connectivity index (χ0n) is 13.5. The van der Waals surface area contributed by atoms with Crippen LogP contribution in [0.15, 0.2) is 48.7 Å². The highest BCUT2D eigenvalue weighted by atomic mass is 19.1. The molecule has 6 heteroatoms. The van der Waals surface area contributed by atoms with Gasteiger partial charge in [-0.3, -0.25) is 14.6 Å². The molecule has 0 saturated carbocycles. The maximum atomic E-state index is 12.8. The molecule has 0 aliphatic carbocycles. The van der Waals surface area contributed by atoms with Gasteiger partial charge in [-0.25, -0.2) is 4.39 Å². The van der Waals surface area contributed by atoms with Crippen molar-refractivity contribution in [2.75, 3.05) is 13.1 Å². The molecule has 5 nitrogen and oxygen atoms in total. The van der Waals surface area contributed by atoms with Crippen molar-refractivity contribution >= 4 is 11.8 Å². The Hall–Kier alpha value is -2.76. The zero-order chi connectivity index (χ0) is 17.4. The van der Waals surface area contributed by atoms with Gasteiger partial charge in [-0.05, 0) is 36.2 Å². The lowest BCUT2D eigenvalue weighted by molar-refractivity contribution is -0.134. The molecular weight excluding hydrogens is 309 g/mol. The van der Waals surface area contributed by atoms with Crippen molar-refractivity contribution in [2.45, 2.75) is 19.9 Å². The van der Waals surface area contributed by atoms with Crippen LogP contribution in [0.1, 0.15) is 18.2 Å². The number of nitrogens with zero attached hydrogens (tertiary/aromatic N) is 2. The number of nitrogens with one attached hydrogen (secondary N) is 1. The topological polar surface area (TPSA) is 62.3 Å². The minimum atomic E-state index is -0.283. The lowest BCUT2D eigenvalue weighted by Crippen LogP contribution is -2.40. The van der Waals surface area contributed by atoms with Gasteiger partial charge in [0.1, 0.15) is 5.82 Å². The van der Waals surface area contributed by atoms with Gasteiger partial charge in [0.05, 0.1) is 18.8 Å². The molecule has 1 heterocycles. The molecule has 2 aromatic rings. The maximum absolute atomic E-state index is 12.8. The standard InChI is InChI=1S/C18H20FN3O2/c1-14(23)22(12-17-4-2-3-10-20-17)13-18(24)21-11-9-15-5-7-16(19)8-6-15/h2-8,10H,9,11-13H2,1H3,(H,21,24). The van der Waals surface area contributed by atoms with Crippen LogP contribution in [0.2, 0.25) is 0 Å². The molecule has 24 heavy (non-hydrogen) atoms. The van der Waals surface area contributed by atoms with Gasteiger partial charge >= 0.3 is 0 Å². The van der Waals surface area contributed by atoms with E-state index < -0.39 is 0 Å². The summed E-state index contributed by atoms with van der Waals surface area (Å²) in [7, 11) is 0. The Balaban J connectivity index is 1.80. The Morgan fingerprint density at radius 3 is 2.54 bits per heavy atom. The SMILES string of the molecule is CC(=O)N(CC(=O)NCCc1ccc(F)cc1)Cc1ccccn1. The average Bonchev–Trinajstić information content (AvgIpc) is 2.57.